The summed E-state index contributed by atoms with van der Waals surface area (Å²) in [5.41, 5.74) is 5.77. The zero-order valence-corrected chi connectivity index (χ0v) is 15.7. The molecule has 0 saturated heterocycles. The van der Waals surface area contributed by atoms with Gasteiger partial charge in [0.25, 0.3) is 0 Å². The average molecular weight is 330 g/mol. The van der Waals surface area contributed by atoms with E-state index in [1.807, 2.05) is 0 Å². The van der Waals surface area contributed by atoms with Gasteiger partial charge in [0, 0.05) is 12.5 Å². The van der Waals surface area contributed by atoms with Gasteiger partial charge in [0.15, 0.2) is 0 Å². The van der Waals surface area contributed by atoms with Crippen molar-refractivity contribution in [3.8, 4) is 0 Å². The number of hydrogen-bond acceptors (Lipinski definition) is 3. The first-order valence-corrected chi connectivity index (χ1v) is 9.20. The highest BCUT2D eigenvalue weighted by Crippen LogP contribution is 2.50. The first kappa shape index (κ1) is 17.5. The highest BCUT2D eigenvalue weighted by molar-refractivity contribution is 5.66. The van der Waals surface area contributed by atoms with E-state index < -0.39 is 6.29 Å². The maximum atomic E-state index is 11.3. The smallest absolute Gasteiger partial charge is 0.305 e. The van der Waals surface area contributed by atoms with Crippen LogP contribution in [0.4, 0.5) is 0 Å². The largest absolute Gasteiger partial charge is 0.431 e. The minimum absolute atomic E-state index is 0.224. The molecule has 0 radical (unpaired) electrons. The normalized spacial score (nSPS) is 28.5. The molecule has 1 aromatic carbocycles. The zero-order valence-electron chi connectivity index (χ0n) is 15.7. The van der Waals surface area contributed by atoms with E-state index in [1.165, 1.54) is 49.3 Å². The van der Waals surface area contributed by atoms with E-state index in [1.54, 1.807) is 0 Å². The molecule has 1 saturated carbocycles. The molecule has 1 aromatic rings. The van der Waals surface area contributed by atoms with Gasteiger partial charge in [-0.2, -0.15) is 0 Å². The Morgan fingerprint density at radius 1 is 1.29 bits per heavy atom. The van der Waals surface area contributed by atoms with Gasteiger partial charge in [-0.15, -0.1) is 0 Å². The van der Waals surface area contributed by atoms with Crippen LogP contribution in [-0.4, -0.2) is 5.97 Å². The third-order valence-corrected chi connectivity index (χ3v) is 5.83. The van der Waals surface area contributed by atoms with Gasteiger partial charge in [-0.1, -0.05) is 46.2 Å². The molecule has 3 nitrogen and oxygen atoms in total. The molecule has 2 aliphatic rings. The Morgan fingerprint density at radius 2 is 2.04 bits per heavy atom. The van der Waals surface area contributed by atoms with Crippen LogP contribution < -0.4 is 0 Å². The number of hydrogen-bond donors (Lipinski definition) is 0. The lowest BCUT2D eigenvalue weighted by molar-refractivity contribution is -0.175. The van der Waals surface area contributed by atoms with E-state index in [4.69, 9.17) is 9.47 Å². The minimum Gasteiger partial charge on any atom is -0.431 e. The summed E-state index contributed by atoms with van der Waals surface area (Å²) >= 11 is 0. The lowest BCUT2D eigenvalue weighted by atomic mass is 9.60. The van der Waals surface area contributed by atoms with Crippen molar-refractivity contribution in [1.82, 2.24) is 0 Å². The zero-order chi connectivity index (χ0) is 17.5. The Labute approximate surface area is 145 Å². The summed E-state index contributed by atoms with van der Waals surface area (Å²) in [5, 5.41) is 0. The van der Waals surface area contributed by atoms with Crippen LogP contribution >= 0.6 is 0 Å². The van der Waals surface area contributed by atoms with Crippen LogP contribution in [-0.2, 0) is 32.7 Å². The Kier molecular flexibility index (Phi) is 4.50. The summed E-state index contributed by atoms with van der Waals surface area (Å²) in [6.07, 6.45) is 5.52. The predicted molar refractivity (Wildman–Crippen MR) is 94.7 cm³/mol. The molecule has 0 bridgehead atoms. The van der Waals surface area contributed by atoms with E-state index in [0.717, 1.165) is 12.0 Å². The first-order valence-electron chi connectivity index (χ1n) is 9.20. The fraction of sp³-hybridized carbons (Fsp3) is 0.667. The van der Waals surface area contributed by atoms with Gasteiger partial charge in [-0.05, 0) is 53.2 Å². The number of esters is 1. The van der Waals surface area contributed by atoms with Crippen molar-refractivity contribution in [3.05, 3.63) is 34.4 Å². The Bertz CT molecular complexity index is 647. The van der Waals surface area contributed by atoms with Crippen LogP contribution in [0, 0.1) is 5.41 Å². The molecular weight excluding hydrogens is 300 g/mol. The molecular formula is C21H30O3. The van der Waals surface area contributed by atoms with Crippen LogP contribution in [0.1, 0.15) is 88.8 Å². The van der Waals surface area contributed by atoms with E-state index in [9.17, 15) is 4.79 Å². The van der Waals surface area contributed by atoms with E-state index in [-0.39, 0.29) is 11.4 Å². The predicted octanol–water partition coefficient (Wildman–Crippen LogP) is 5.20. The van der Waals surface area contributed by atoms with Crippen molar-refractivity contribution < 1.29 is 14.3 Å². The Hall–Kier alpha value is -1.35. The molecule has 0 spiro atoms. The molecule has 0 N–H and O–H groups in total. The maximum absolute atomic E-state index is 11.3. The minimum atomic E-state index is -0.535. The Balaban J connectivity index is 2.01. The van der Waals surface area contributed by atoms with Gasteiger partial charge >= 0.3 is 5.97 Å². The van der Waals surface area contributed by atoms with Gasteiger partial charge in [0.05, 0.1) is 6.61 Å². The van der Waals surface area contributed by atoms with Crippen molar-refractivity contribution in [2.24, 2.45) is 5.41 Å². The summed E-state index contributed by atoms with van der Waals surface area (Å²) in [6, 6.07) is 4.39. The SMILES string of the molecule is CCc1c(C2(C)CCCC(C)(C)C2)ccc2c1COC2OC(C)=O. The second-order valence-corrected chi connectivity index (χ2v) is 8.52. The third-order valence-electron chi connectivity index (χ3n) is 5.83. The molecule has 24 heavy (non-hydrogen) atoms. The lowest BCUT2D eigenvalue weighted by Gasteiger charge is -2.44. The van der Waals surface area contributed by atoms with E-state index >= 15 is 0 Å². The van der Waals surface area contributed by atoms with Crippen molar-refractivity contribution >= 4 is 5.97 Å². The monoisotopic (exact) mass is 330 g/mol. The molecule has 1 aliphatic carbocycles. The van der Waals surface area contributed by atoms with Crippen molar-refractivity contribution in [2.45, 2.75) is 85.0 Å². The third kappa shape index (κ3) is 3.11. The summed E-state index contributed by atoms with van der Waals surface area (Å²) < 4.78 is 11.1. The van der Waals surface area contributed by atoms with Gasteiger partial charge < -0.3 is 9.47 Å². The molecule has 0 amide bonds. The van der Waals surface area contributed by atoms with Crippen molar-refractivity contribution in [3.63, 3.8) is 0 Å². The van der Waals surface area contributed by atoms with E-state index in [0.29, 0.717) is 12.0 Å². The second kappa shape index (κ2) is 6.18. The van der Waals surface area contributed by atoms with Crippen LogP contribution in [0.3, 0.4) is 0 Å². The molecule has 0 aromatic heterocycles. The van der Waals surface area contributed by atoms with Gasteiger partial charge in [-0.3, -0.25) is 4.79 Å². The highest BCUT2D eigenvalue weighted by Gasteiger charge is 2.40. The Morgan fingerprint density at radius 3 is 2.67 bits per heavy atom. The molecule has 3 heteroatoms. The first-order chi connectivity index (χ1) is 11.3. The van der Waals surface area contributed by atoms with Crippen molar-refractivity contribution in [1.29, 1.82) is 0 Å². The maximum Gasteiger partial charge on any atom is 0.305 e. The molecule has 2 atom stereocenters. The van der Waals surface area contributed by atoms with E-state index in [2.05, 4.69) is 39.8 Å². The fourth-order valence-corrected chi connectivity index (χ4v) is 4.99. The summed E-state index contributed by atoms with van der Waals surface area (Å²) in [4.78, 5) is 11.3. The van der Waals surface area contributed by atoms with Crippen LogP contribution in [0.2, 0.25) is 0 Å². The fourth-order valence-electron chi connectivity index (χ4n) is 4.99. The average Bonchev–Trinajstić information content (AvgIpc) is 2.87. The van der Waals surface area contributed by atoms with Crippen molar-refractivity contribution in [2.75, 3.05) is 0 Å². The number of ether oxygens (including phenoxy) is 2. The van der Waals surface area contributed by atoms with Gasteiger partial charge in [0.2, 0.25) is 6.29 Å². The molecule has 1 fully saturated rings. The van der Waals surface area contributed by atoms with Crippen LogP contribution in [0.5, 0.6) is 0 Å². The summed E-state index contributed by atoms with van der Waals surface area (Å²) in [7, 11) is 0. The number of carbonyl (C=O) groups is 1. The number of benzene rings is 1. The van der Waals surface area contributed by atoms with Crippen LogP contribution in [0.25, 0.3) is 0 Å². The van der Waals surface area contributed by atoms with Gasteiger partial charge in [-0.25, -0.2) is 0 Å². The summed E-state index contributed by atoms with van der Waals surface area (Å²) in [6.45, 7) is 11.4. The molecule has 132 valence electrons. The molecule has 3 rings (SSSR count). The van der Waals surface area contributed by atoms with Crippen LogP contribution in [0.15, 0.2) is 12.1 Å². The standard InChI is InChI=1S/C21H30O3/c1-6-15-17-12-23-19(24-14(2)22)16(17)8-9-18(15)21(5)11-7-10-20(3,4)13-21/h8-9,19H,6-7,10-13H2,1-5H3. The molecule has 1 heterocycles. The topological polar surface area (TPSA) is 35.5 Å². The lowest BCUT2D eigenvalue weighted by Crippen LogP contribution is -2.35. The number of carbonyl (C=O) groups excluding carboxylic acids is 1. The van der Waals surface area contributed by atoms with Gasteiger partial charge in [0.1, 0.15) is 0 Å². The molecule has 1 aliphatic heterocycles. The second-order valence-electron chi connectivity index (χ2n) is 8.52. The molecule has 2 unspecified atom stereocenters. The highest BCUT2D eigenvalue weighted by atomic mass is 16.7. The number of rotatable bonds is 3. The quantitative estimate of drug-likeness (QED) is 0.715. The summed E-state index contributed by atoms with van der Waals surface area (Å²) in [5.74, 6) is -0.295. The number of fused-ring (bicyclic) bond motifs is 1.